The monoisotopic (exact) mass is 349 g/mol. The third-order valence-electron chi connectivity index (χ3n) is 4.18. The molecule has 0 saturated carbocycles. The predicted octanol–water partition coefficient (Wildman–Crippen LogP) is 4.68. The Morgan fingerprint density at radius 2 is 1.60 bits per heavy atom. The Hall–Kier alpha value is -3.11. The fourth-order valence-electron chi connectivity index (χ4n) is 3.08. The lowest BCUT2D eigenvalue weighted by molar-refractivity contribution is 0.0999. The molecule has 122 valence electrons. The van der Waals surface area contributed by atoms with Gasteiger partial charge in [-0.05, 0) is 29.3 Å². The van der Waals surface area contributed by atoms with Crippen LogP contribution in [-0.2, 0) is 0 Å². The van der Waals surface area contributed by atoms with E-state index >= 15 is 0 Å². The van der Waals surface area contributed by atoms with Gasteiger partial charge in [-0.1, -0.05) is 42.5 Å². The zero-order valence-corrected chi connectivity index (χ0v) is 13.7. The molecule has 25 heavy (non-hydrogen) atoms. The first-order valence-electron chi connectivity index (χ1n) is 7.66. The number of carbonyl (C=O) groups excluding carboxylic acids is 2. The number of hydrogen-bond acceptors (Lipinski definition) is 3. The van der Waals surface area contributed by atoms with Gasteiger partial charge < -0.3 is 9.61 Å². The summed E-state index contributed by atoms with van der Waals surface area (Å²) in [5.41, 5.74) is 3.57. The second kappa shape index (κ2) is 6.07. The summed E-state index contributed by atoms with van der Waals surface area (Å²) in [5, 5.41) is 2.78. The van der Waals surface area contributed by atoms with Crippen molar-refractivity contribution in [1.29, 1.82) is 0 Å². The average Bonchev–Trinajstić information content (AvgIpc) is 2.95. The molecule has 1 amide bonds. The molecule has 0 radical (unpaired) electrons. The molecule has 1 N–H and O–H groups in total. The lowest BCUT2D eigenvalue weighted by Gasteiger charge is -2.09. The van der Waals surface area contributed by atoms with Crippen LogP contribution in [0.15, 0.2) is 66.7 Å². The molecular weight excluding hydrogens is 338 g/mol. The molecule has 0 aliphatic heterocycles. The van der Waals surface area contributed by atoms with E-state index in [1.165, 1.54) is 0 Å². The third kappa shape index (κ3) is 2.57. The van der Waals surface area contributed by atoms with Gasteiger partial charge in [0.1, 0.15) is 17.6 Å². The van der Waals surface area contributed by atoms with Gasteiger partial charge in [0.2, 0.25) is 0 Å². The average molecular weight is 350 g/mol. The Balaban J connectivity index is 1.73. The Labute approximate surface area is 149 Å². The highest BCUT2D eigenvalue weighted by Crippen LogP contribution is 2.38. The van der Waals surface area contributed by atoms with Crippen molar-refractivity contribution >= 4 is 29.2 Å². The van der Waals surface area contributed by atoms with Crippen LogP contribution in [0.2, 0.25) is 0 Å². The summed E-state index contributed by atoms with van der Waals surface area (Å²) in [5.74, 6) is -0.0693. The number of hydrogen-bond donors (Lipinski definition) is 1. The molecule has 0 fully saturated rings. The number of carbonyl (C=O) groups is 2. The Bertz CT molecular complexity index is 1010. The first-order chi connectivity index (χ1) is 12.2. The van der Waals surface area contributed by atoms with Crippen molar-refractivity contribution in [2.45, 2.75) is 0 Å². The zero-order chi connectivity index (χ0) is 17.4. The number of fused-ring (bicyclic) bond motifs is 3. The van der Waals surface area contributed by atoms with Crippen molar-refractivity contribution in [3.8, 4) is 16.9 Å². The quantitative estimate of drug-likeness (QED) is 0.584. The van der Waals surface area contributed by atoms with E-state index in [2.05, 4.69) is 9.61 Å². The minimum Gasteiger partial charge on any atom is -0.386 e. The van der Waals surface area contributed by atoms with Crippen LogP contribution in [0.25, 0.3) is 11.1 Å². The SMILES string of the molecule is O=C(Nc1cccc(OCl)c1)c1cccc2c1C(=O)c1ccccc1-2. The third-order valence-corrected chi connectivity index (χ3v) is 4.36. The van der Waals surface area contributed by atoms with Crippen LogP contribution in [0.4, 0.5) is 5.69 Å². The number of amides is 1. The molecule has 0 atom stereocenters. The standard InChI is InChI=1S/C20H12ClNO3/c21-25-13-6-3-5-12(11-13)22-20(24)17-10-4-9-15-14-7-1-2-8-16(14)19(23)18(15)17/h1-11H,(H,22,24). The number of nitrogens with one attached hydrogen (secondary N) is 1. The van der Waals surface area contributed by atoms with Gasteiger partial charge in [0.05, 0.1) is 5.56 Å². The number of benzene rings is 3. The topological polar surface area (TPSA) is 55.4 Å². The van der Waals surface area contributed by atoms with E-state index in [0.29, 0.717) is 28.1 Å². The molecular formula is C20H12ClNO3. The van der Waals surface area contributed by atoms with Gasteiger partial charge >= 0.3 is 0 Å². The number of rotatable bonds is 3. The lowest BCUT2D eigenvalue weighted by Crippen LogP contribution is -2.15. The molecule has 0 unspecified atom stereocenters. The molecule has 4 rings (SSSR count). The highest BCUT2D eigenvalue weighted by Gasteiger charge is 2.30. The van der Waals surface area contributed by atoms with E-state index in [4.69, 9.17) is 11.9 Å². The highest BCUT2D eigenvalue weighted by molar-refractivity contribution is 6.26. The molecule has 0 spiro atoms. The summed E-state index contributed by atoms with van der Waals surface area (Å²) < 4.78 is 4.64. The molecule has 5 heteroatoms. The van der Waals surface area contributed by atoms with Crippen LogP contribution in [0.5, 0.6) is 5.75 Å². The fourth-order valence-corrected chi connectivity index (χ4v) is 3.18. The van der Waals surface area contributed by atoms with E-state index in [1.807, 2.05) is 24.3 Å². The first kappa shape index (κ1) is 15.4. The van der Waals surface area contributed by atoms with E-state index in [9.17, 15) is 9.59 Å². The van der Waals surface area contributed by atoms with Crippen LogP contribution in [-0.4, -0.2) is 11.7 Å². The van der Waals surface area contributed by atoms with Crippen LogP contribution < -0.4 is 9.61 Å². The minimum atomic E-state index is -0.357. The number of ketones is 1. The summed E-state index contributed by atoms with van der Waals surface area (Å²) in [6, 6.07) is 19.4. The van der Waals surface area contributed by atoms with Gasteiger partial charge in [0.25, 0.3) is 5.91 Å². The summed E-state index contributed by atoms with van der Waals surface area (Å²) in [6.45, 7) is 0. The zero-order valence-electron chi connectivity index (χ0n) is 13.0. The van der Waals surface area contributed by atoms with Gasteiger partial charge in [0, 0.05) is 22.9 Å². The van der Waals surface area contributed by atoms with Crippen molar-refractivity contribution in [3.05, 3.63) is 83.4 Å². The maximum Gasteiger partial charge on any atom is 0.256 e. The smallest absolute Gasteiger partial charge is 0.256 e. The van der Waals surface area contributed by atoms with Gasteiger partial charge in [-0.15, -0.1) is 0 Å². The number of anilines is 1. The molecule has 3 aromatic rings. The van der Waals surface area contributed by atoms with Crippen LogP contribution in [0, 0.1) is 0 Å². The number of halogens is 1. The van der Waals surface area contributed by atoms with Crippen LogP contribution >= 0.6 is 11.9 Å². The highest BCUT2D eigenvalue weighted by atomic mass is 35.5. The Kier molecular flexibility index (Phi) is 3.75. The van der Waals surface area contributed by atoms with Gasteiger partial charge in [-0.2, -0.15) is 0 Å². The maximum absolute atomic E-state index is 12.7. The molecule has 0 bridgehead atoms. The van der Waals surface area contributed by atoms with Crippen LogP contribution in [0.3, 0.4) is 0 Å². The van der Waals surface area contributed by atoms with E-state index < -0.39 is 0 Å². The fraction of sp³-hybridized carbons (Fsp3) is 0. The van der Waals surface area contributed by atoms with Gasteiger partial charge in [0.15, 0.2) is 5.78 Å². The summed E-state index contributed by atoms with van der Waals surface area (Å²) in [4.78, 5) is 25.5. The summed E-state index contributed by atoms with van der Waals surface area (Å²) in [7, 11) is 0. The second-order valence-corrected chi connectivity index (χ2v) is 5.82. The summed E-state index contributed by atoms with van der Waals surface area (Å²) in [6.07, 6.45) is 0. The van der Waals surface area contributed by atoms with Crippen molar-refractivity contribution in [1.82, 2.24) is 0 Å². The normalized spacial score (nSPS) is 11.6. The molecule has 0 heterocycles. The molecule has 4 nitrogen and oxygen atoms in total. The minimum absolute atomic E-state index is 0.130. The lowest BCUT2D eigenvalue weighted by atomic mass is 10.0. The molecule has 3 aromatic carbocycles. The van der Waals surface area contributed by atoms with E-state index in [1.54, 1.807) is 42.5 Å². The van der Waals surface area contributed by atoms with E-state index in [-0.39, 0.29) is 11.7 Å². The second-order valence-electron chi connectivity index (χ2n) is 5.66. The Morgan fingerprint density at radius 3 is 2.40 bits per heavy atom. The summed E-state index contributed by atoms with van der Waals surface area (Å²) >= 11 is 5.34. The van der Waals surface area contributed by atoms with Crippen molar-refractivity contribution < 1.29 is 13.9 Å². The van der Waals surface area contributed by atoms with Crippen LogP contribution in [0.1, 0.15) is 26.3 Å². The molecule has 0 aromatic heterocycles. The van der Waals surface area contributed by atoms with Gasteiger partial charge in [-0.25, -0.2) is 0 Å². The van der Waals surface area contributed by atoms with Gasteiger partial charge in [-0.3, -0.25) is 9.59 Å². The first-order valence-corrected chi connectivity index (χ1v) is 7.97. The predicted molar refractivity (Wildman–Crippen MR) is 96.2 cm³/mol. The molecule has 1 aliphatic rings. The van der Waals surface area contributed by atoms with Crippen molar-refractivity contribution in [2.24, 2.45) is 0 Å². The Morgan fingerprint density at radius 1 is 0.880 bits per heavy atom. The largest absolute Gasteiger partial charge is 0.386 e. The van der Waals surface area contributed by atoms with Crippen molar-refractivity contribution in [3.63, 3.8) is 0 Å². The molecule has 0 saturated heterocycles. The maximum atomic E-state index is 12.7. The van der Waals surface area contributed by atoms with Crippen molar-refractivity contribution in [2.75, 3.05) is 5.32 Å². The molecule has 1 aliphatic carbocycles. The van der Waals surface area contributed by atoms with E-state index in [0.717, 1.165) is 11.1 Å².